The fourth-order valence-electron chi connectivity index (χ4n) is 5.09. The van der Waals surface area contributed by atoms with Crippen LogP contribution >= 0.6 is 24.0 Å². The summed E-state index contributed by atoms with van der Waals surface area (Å²) in [7, 11) is 0. The van der Waals surface area contributed by atoms with Crippen molar-refractivity contribution in [3.05, 3.63) is 137 Å². The Labute approximate surface area is 269 Å². The van der Waals surface area contributed by atoms with Crippen molar-refractivity contribution in [1.82, 2.24) is 20.1 Å². The van der Waals surface area contributed by atoms with E-state index in [4.69, 9.17) is 11.6 Å². The van der Waals surface area contributed by atoms with Crippen LogP contribution in [-0.2, 0) is 11.3 Å². The average Bonchev–Trinajstić information content (AvgIpc) is 3.51. The van der Waals surface area contributed by atoms with Crippen LogP contribution in [0.1, 0.15) is 28.0 Å². The van der Waals surface area contributed by atoms with Gasteiger partial charge in [-0.15, -0.1) is 12.4 Å². The van der Waals surface area contributed by atoms with E-state index in [0.717, 1.165) is 17.3 Å². The minimum Gasteiger partial charge on any atom is -0.347 e. The maximum absolute atomic E-state index is 15.6. The van der Waals surface area contributed by atoms with Crippen LogP contribution in [0.2, 0.25) is 5.02 Å². The van der Waals surface area contributed by atoms with Crippen molar-refractivity contribution >= 4 is 47.1 Å². The van der Waals surface area contributed by atoms with Crippen LogP contribution in [0.25, 0.3) is 22.5 Å². The minimum absolute atomic E-state index is 0. The first-order chi connectivity index (χ1) is 21.3. The van der Waals surface area contributed by atoms with E-state index in [-0.39, 0.29) is 47.3 Å². The fourth-order valence-corrected chi connectivity index (χ4v) is 5.35. The molecule has 3 aromatic carbocycles. The van der Waals surface area contributed by atoms with Crippen LogP contribution in [0.4, 0.5) is 14.5 Å². The third-order valence-electron chi connectivity index (χ3n) is 7.33. The van der Waals surface area contributed by atoms with Gasteiger partial charge in [0, 0.05) is 48.1 Å². The number of allylic oxidation sites excluding steroid dienone is 1. The molecule has 0 saturated heterocycles. The zero-order valence-corrected chi connectivity index (χ0v) is 25.3. The number of aromatic nitrogens is 3. The number of anilines is 1. The Kier molecular flexibility index (Phi) is 9.41. The second-order valence-corrected chi connectivity index (χ2v) is 10.6. The number of carbonyl (C=O) groups is 2. The Morgan fingerprint density at radius 2 is 1.71 bits per heavy atom. The number of pyridine rings is 1. The lowest BCUT2D eigenvalue weighted by atomic mass is 9.97. The first kappa shape index (κ1) is 31.6. The molecule has 2 amide bonds. The number of hydrogen-bond acceptors (Lipinski definition) is 4. The first-order valence-corrected chi connectivity index (χ1v) is 14.3. The lowest BCUT2D eigenvalue weighted by Gasteiger charge is -2.23. The Morgan fingerprint density at radius 1 is 0.956 bits per heavy atom. The minimum atomic E-state index is -3.38. The van der Waals surface area contributed by atoms with Crippen LogP contribution in [0.5, 0.6) is 0 Å². The summed E-state index contributed by atoms with van der Waals surface area (Å²) in [6, 6.07) is 28.0. The molecule has 0 unspecified atom stereocenters. The van der Waals surface area contributed by atoms with Crippen LogP contribution in [0.15, 0.2) is 116 Å². The molecule has 0 aliphatic carbocycles. The number of nitrogens with one attached hydrogen (secondary N) is 1. The molecule has 228 valence electrons. The first-order valence-electron chi connectivity index (χ1n) is 13.9. The summed E-state index contributed by atoms with van der Waals surface area (Å²) in [6.07, 6.45) is 3.60. The SMILES string of the molecule is Cl.O=C(/C=C1/c2ccccc2N(C(=O)c2ccc(-n3ccc(-c4ccccc4)n3)cc2Cl)CCC1(F)F)NCc1ccccn1. The summed E-state index contributed by atoms with van der Waals surface area (Å²) in [5.41, 5.74) is 3.01. The van der Waals surface area contributed by atoms with Gasteiger partial charge in [-0.2, -0.15) is 5.10 Å². The van der Waals surface area contributed by atoms with Gasteiger partial charge < -0.3 is 10.2 Å². The number of carbonyl (C=O) groups excluding carboxylic acids is 2. The molecule has 6 rings (SSSR count). The van der Waals surface area contributed by atoms with Gasteiger partial charge in [0.1, 0.15) is 0 Å². The van der Waals surface area contributed by atoms with Gasteiger partial charge in [-0.25, -0.2) is 13.5 Å². The molecule has 0 atom stereocenters. The third kappa shape index (κ3) is 6.79. The number of hydrogen-bond donors (Lipinski definition) is 1. The molecule has 1 N–H and O–H groups in total. The van der Waals surface area contributed by atoms with E-state index in [1.54, 1.807) is 71.7 Å². The van der Waals surface area contributed by atoms with E-state index < -0.39 is 29.7 Å². The lowest BCUT2D eigenvalue weighted by molar-refractivity contribution is -0.116. The number of amides is 2. The standard InChI is InChI=1S/C34H26ClF2N5O2.ClH/c35-29-20-25(42-18-15-30(40-42)23-8-2-1-3-9-23)13-14-27(29)33(44)41-19-16-34(36,37)28(26-11-4-5-12-31(26)41)21-32(43)39-22-24-10-6-7-17-38-24;/h1-15,17-18,20-21H,16,19,22H2,(H,39,43);1H/b28-21-;. The van der Waals surface area contributed by atoms with Crippen LogP contribution in [0.3, 0.4) is 0 Å². The summed E-state index contributed by atoms with van der Waals surface area (Å²) < 4.78 is 32.8. The number of alkyl halides is 2. The van der Waals surface area contributed by atoms with Crippen molar-refractivity contribution in [1.29, 1.82) is 0 Å². The van der Waals surface area contributed by atoms with Gasteiger partial charge in [-0.1, -0.05) is 66.2 Å². The molecule has 5 aromatic rings. The molecule has 11 heteroatoms. The summed E-state index contributed by atoms with van der Waals surface area (Å²) >= 11 is 6.62. The van der Waals surface area contributed by atoms with E-state index in [0.29, 0.717) is 11.4 Å². The maximum Gasteiger partial charge on any atom is 0.275 e. The topological polar surface area (TPSA) is 80.1 Å². The van der Waals surface area contributed by atoms with Gasteiger partial charge in [0.25, 0.3) is 11.8 Å². The number of halogens is 4. The van der Waals surface area contributed by atoms with E-state index >= 15 is 8.78 Å². The van der Waals surface area contributed by atoms with Gasteiger partial charge in [0.05, 0.1) is 39.9 Å². The molecule has 45 heavy (non-hydrogen) atoms. The molecule has 7 nitrogen and oxygen atoms in total. The number of benzene rings is 3. The van der Waals surface area contributed by atoms with Crippen molar-refractivity contribution in [3.63, 3.8) is 0 Å². The zero-order valence-electron chi connectivity index (χ0n) is 23.7. The van der Waals surface area contributed by atoms with Crippen LogP contribution in [0, 0.1) is 0 Å². The second-order valence-electron chi connectivity index (χ2n) is 10.2. The molecule has 3 heterocycles. The highest BCUT2D eigenvalue weighted by Crippen LogP contribution is 2.43. The monoisotopic (exact) mass is 645 g/mol. The van der Waals surface area contributed by atoms with Gasteiger partial charge in [-0.05, 0) is 42.5 Å². The molecule has 1 aliphatic rings. The summed E-state index contributed by atoms with van der Waals surface area (Å²) in [4.78, 5) is 32.0. The van der Waals surface area contributed by atoms with E-state index in [1.165, 1.54) is 11.0 Å². The summed E-state index contributed by atoms with van der Waals surface area (Å²) in [5, 5.41) is 7.38. The van der Waals surface area contributed by atoms with E-state index in [9.17, 15) is 9.59 Å². The Bertz CT molecular complexity index is 1860. The van der Waals surface area contributed by atoms with Gasteiger partial charge >= 0.3 is 0 Å². The summed E-state index contributed by atoms with van der Waals surface area (Å²) in [5.74, 6) is -4.60. The number of para-hydroxylation sites is 1. The molecule has 0 bridgehead atoms. The highest BCUT2D eigenvalue weighted by molar-refractivity contribution is 6.34. The fraction of sp³-hybridized carbons (Fsp3) is 0.118. The largest absolute Gasteiger partial charge is 0.347 e. The molecule has 0 radical (unpaired) electrons. The molecule has 2 aromatic heterocycles. The zero-order chi connectivity index (χ0) is 30.7. The van der Waals surface area contributed by atoms with Gasteiger partial charge in [-0.3, -0.25) is 14.6 Å². The van der Waals surface area contributed by atoms with E-state index in [2.05, 4.69) is 15.4 Å². The molecular formula is C34H27Cl2F2N5O2. The number of nitrogens with zero attached hydrogens (tertiary/aromatic N) is 4. The third-order valence-corrected chi connectivity index (χ3v) is 7.64. The van der Waals surface area contributed by atoms with Gasteiger partial charge in [0.15, 0.2) is 0 Å². The summed E-state index contributed by atoms with van der Waals surface area (Å²) in [6.45, 7) is -0.199. The quantitative estimate of drug-likeness (QED) is 0.195. The number of rotatable bonds is 6. The Hall–Kier alpha value is -4.86. The Balaban J connectivity index is 0.00000400. The highest BCUT2D eigenvalue weighted by Gasteiger charge is 2.41. The predicted molar refractivity (Wildman–Crippen MR) is 173 cm³/mol. The molecule has 0 saturated carbocycles. The van der Waals surface area contributed by atoms with Crippen molar-refractivity contribution in [3.8, 4) is 16.9 Å². The molecule has 0 fully saturated rings. The molecular weight excluding hydrogens is 619 g/mol. The normalized spacial score (nSPS) is 14.6. The van der Waals surface area contributed by atoms with Crippen molar-refractivity contribution in [2.75, 3.05) is 11.4 Å². The predicted octanol–water partition coefficient (Wildman–Crippen LogP) is 7.40. The second kappa shape index (κ2) is 13.4. The van der Waals surface area contributed by atoms with E-state index in [1.807, 2.05) is 36.4 Å². The van der Waals surface area contributed by atoms with Crippen molar-refractivity contribution < 1.29 is 18.4 Å². The Morgan fingerprint density at radius 3 is 2.47 bits per heavy atom. The van der Waals surface area contributed by atoms with Crippen LogP contribution < -0.4 is 10.2 Å². The maximum atomic E-state index is 15.6. The smallest absolute Gasteiger partial charge is 0.275 e. The molecule has 0 spiro atoms. The average molecular weight is 647 g/mol. The lowest BCUT2D eigenvalue weighted by Crippen LogP contribution is -2.33. The van der Waals surface area contributed by atoms with Gasteiger partial charge in [0.2, 0.25) is 5.91 Å². The van der Waals surface area contributed by atoms with Crippen molar-refractivity contribution in [2.24, 2.45) is 0 Å². The molecule has 1 aliphatic heterocycles. The van der Waals surface area contributed by atoms with Crippen LogP contribution in [-0.4, -0.2) is 39.0 Å². The highest BCUT2D eigenvalue weighted by atomic mass is 35.5. The number of fused-ring (bicyclic) bond motifs is 1. The van der Waals surface area contributed by atoms with Crippen molar-refractivity contribution in [2.45, 2.75) is 18.9 Å².